The molecule has 710 valence electrons. The van der Waals surface area contributed by atoms with Crippen molar-refractivity contribution in [1.29, 1.82) is 0 Å². The minimum absolute atomic E-state index is 0.0338. The second kappa shape index (κ2) is 36.5. The van der Waals surface area contributed by atoms with Crippen molar-refractivity contribution in [2.24, 2.45) is 0 Å². The lowest BCUT2D eigenvalue weighted by molar-refractivity contribution is 0.660. The fourth-order valence-electron chi connectivity index (χ4n) is 23.8. The highest BCUT2D eigenvalue weighted by Gasteiger charge is 2.40. The molecule has 0 atom stereocenters. The standard InChI is InChI=1S/C55H39N3.C44H32N2.C42H31N3Si/c1-55(2)48-25-11-9-23-44(48)45-29-27-41(34-49(45)55)40-28-30-53-47(33-40)46-24-10-12-26-52(46)58(53)54-56-50(42-21-13-19-38(31-42)36-15-5-3-6-16-36)35-51(57-54)43-22-14-20-39(32-43)37-17-7-4-8-18-37;1-44(2)38-19-11-9-17-34(38)35-23-21-32(26-39(35)44)31-22-24-42-37(25-31)36-18-10-12-20-41(36)46(42)43-28-33(29-13-5-3-6-14-29)27-40(45-43)30-15-7-4-8-16-30;1-46(2)40-20-12-10-18-33(40)35-26-31(22-24-41(35)46)30-21-23-39-34(25-30)32-17-9-11-19-38(32)45(39)42-43-36(28-13-5-3-6-14-28)27-37(44-42)29-15-7-4-8-16-29/h3-35H,1-2H3;3-28H,1-2H3;3-27H,1-2H3. The van der Waals surface area contributed by atoms with Crippen LogP contribution in [-0.4, -0.2) is 46.7 Å². The van der Waals surface area contributed by atoms with Crippen LogP contribution in [0.2, 0.25) is 13.1 Å². The minimum Gasteiger partial charge on any atom is -0.294 e. The van der Waals surface area contributed by atoms with E-state index in [1.54, 1.807) is 0 Å². The first-order valence-electron chi connectivity index (χ1n) is 51.8. The Morgan fingerprint density at radius 2 is 0.453 bits per heavy atom. The largest absolute Gasteiger partial charge is 0.294 e. The topological polar surface area (TPSA) is 79.2 Å². The molecule has 0 saturated heterocycles. The number of aromatic nitrogens is 8. The van der Waals surface area contributed by atoms with E-state index in [4.69, 9.17) is 24.9 Å². The molecule has 6 aromatic heterocycles. The predicted octanol–water partition coefficient (Wildman–Crippen LogP) is 35.1. The molecule has 0 amide bonds. The Morgan fingerprint density at radius 1 is 0.167 bits per heavy atom. The monoisotopic (exact) mass is 1930 g/mol. The van der Waals surface area contributed by atoms with Gasteiger partial charge < -0.3 is 0 Å². The Morgan fingerprint density at radius 3 is 0.887 bits per heavy atom. The molecule has 29 rings (SSSR count). The number of hydrogen-bond acceptors (Lipinski definition) is 5. The summed E-state index contributed by atoms with van der Waals surface area (Å²) in [4.78, 5) is 26.4. The van der Waals surface area contributed by atoms with Gasteiger partial charge in [0.15, 0.2) is 0 Å². The van der Waals surface area contributed by atoms with Crippen LogP contribution in [0.3, 0.4) is 0 Å². The van der Waals surface area contributed by atoms with Gasteiger partial charge in [0.2, 0.25) is 11.9 Å². The SMILES string of the molecule is CC1(C)c2ccccc2-c2ccc(-c3ccc4c(c3)c3ccccc3n4-c3cc(-c4ccccc4)cc(-c4ccccc4)n3)cc21.CC1(C)c2ccccc2-c2ccc(-c3ccc4c(c3)c3ccccc3n4-c3nc(-c4cccc(-c5ccccc5)c4)cc(-c4cccc(-c5ccccc5)c4)n3)cc21.C[Si]1(C)c2ccccc2-c2cc(-c3ccc4c(c3)c3ccccc3n4-c3nc(-c4ccccc4)cc(-c4ccccc4)n3)ccc21. The molecular formula is C141H102N8Si. The molecule has 0 unspecified atom stereocenters. The molecule has 20 aromatic carbocycles. The second-order valence-electron chi connectivity index (χ2n) is 41.4. The Bertz CT molecular complexity index is 9630. The van der Waals surface area contributed by atoms with Gasteiger partial charge in [0.05, 0.1) is 61.6 Å². The summed E-state index contributed by atoms with van der Waals surface area (Å²) in [7, 11) is -1.70. The van der Waals surface area contributed by atoms with Crippen molar-refractivity contribution in [1.82, 2.24) is 38.6 Å². The lowest BCUT2D eigenvalue weighted by atomic mass is 9.81. The van der Waals surface area contributed by atoms with E-state index in [-0.39, 0.29) is 10.8 Å². The van der Waals surface area contributed by atoms with E-state index >= 15 is 0 Å². The van der Waals surface area contributed by atoms with Crippen molar-refractivity contribution in [3.8, 4) is 174 Å². The van der Waals surface area contributed by atoms with Gasteiger partial charge in [-0.15, -0.1) is 0 Å². The second-order valence-corrected chi connectivity index (χ2v) is 45.7. The van der Waals surface area contributed by atoms with E-state index in [1.165, 1.54) is 148 Å². The number of rotatable bonds is 14. The van der Waals surface area contributed by atoms with Crippen molar-refractivity contribution < 1.29 is 0 Å². The van der Waals surface area contributed by atoms with Crippen LogP contribution in [0.5, 0.6) is 0 Å². The average Bonchev–Trinajstić information content (AvgIpc) is 1.58. The maximum atomic E-state index is 5.39. The minimum atomic E-state index is -1.70. The molecule has 9 heteroatoms. The molecule has 7 heterocycles. The molecule has 3 aliphatic rings. The van der Waals surface area contributed by atoms with E-state index in [2.05, 4.69) is 552 Å². The van der Waals surface area contributed by atoms with Crippen molar-refractivity contribution in [3.63, 3.8) is 0 Å². The van der Waals surface area contributed by atoms with Gasteiger partial charge in [-0.2, -0.15) is 0 Å². The van der Waals surface area contributed by atoms with Crippen molar-refractivity contribution in [3.05, 3.63) is 532 Å². The van der Waals surface area contributed by atoms with Gasteiger partial charge in [-0.3, -0.25) is 13.7 Å². The third-order valence-electron chi connectivity index (χ3n) is 31.5. The third-order valence-corrected chi connectivity index (χ3v) is 35.0. The van der Waals surface area contributed by atoms with Crippen LogP contribution < -0.4 is 10.4 Å². The molecule has 0 fully saturated rings. The summed E-state index contributed by atoms with van der Waals surface area (Å²) in [5, 5.41) is 10.2. The van der Waals surface area contributed by atoms with Crippen molar-refractivity contribution in [2.75, 3.05) is 0 Å². The van der Waals surface area contributed by atoms with Gasteiger partial charge in [-0.25, -0.2) is 24.9 Å². The lowest BCUT2D eigenvalue weighted by Gasteiger charge is -2.22. The summed E-state index contributed by atoms with van der Waals surface area (Å²) in [5.74, 6) is 2.22. The summed E-state index contributed by atoms with van der Waals surface area (Å²) >= 11 is 0. The van der Waals surface area contributed by atoms with Crippen LogP contribution in [0.25, 0.3) is 240 Å². The summed E-state index contributed by atoms with van der Waals surface area (Å²) in [6.45, 7) is 14.3. The highest BCUT2D eigenvalue weighted by molar-refractivity contribution is 7.03. The van der Waals surface area contributed by atoms with E-state index in [9.17, 15) is 0 Å². The quantitative estimate of drug-likeness (QED) is 0.101. The van der Waals surface area contributed by atoms with Gasteiger partial charge in [0.25, 0.3) is 0 Å². The Balaban J connectivity index is 0.000000112. The molecule has 1 aliphatic heterocycles. The Hall–Kier alpha value is -18.7. The first kappa shape index (κ1) is 90.1. The highest BCUT2D eigenvalue weighted by Crippen LogP contribution is 2.53. The molecule has 0 bridgehead atoms. The van der Waals surface area contributed by atoms with Crippen molar-refractivity contribution >= 4 is 83.9 Å². The molecule has 2 aliphatic carbocycles. The van der Waals surface area contributed by atoms with Crippen LogP contribution in [0.15, 0.2) is 510 Å². The number of hydrogen-bond donors (Lipinski definition) is 0. The van der Waals surface area contributed by atoms with Crippen LogP contribution in [-0.2, 0) is 10.8 Å². The fraction of sp³-hybridized carbons (Fsp3) is 0.0567. The summed E-state index contributed by atoms with van der Waals surface area (Å²) in [6.07, 6.45) is 0. The molecular weight excluding hydrogens is 1830 g/mol. The predicted molar refractivity (Wildman–Crippen MR) is 628 cm³/mol. The van der Waals surface area contributed by atoms with Crippen molar-refractivity contribution in [2.45, 2.75) is 51.6 Å². The number of benzene rings is 20. The van der Waals surface area contributed by atoms with Gasteiger partial charge in [-0.05, 0) is 242 Å². The highest BCUT2D eigenvalue weighted by atomic mass is 28.3. The molecule has 0 saturated carbocycles. The molecule has 26 aromatic rings. The molecule has 0 radical (unpaired) electrons. The zero-order chi connectivity index (χ0) is 100. The van der Waals surface area contributed by atoms with E-state index in [1.807, 2.05) is 12.1 Å². The Kier molecular flexibility index (Phi) is 21.9. The summed E-state index contributed by atoms with van der Waals surface area (Å²) in [6, 6.07) is 183. The van der Waals surface area contributed by atoms with Crippen LogP contribution in [0, 0.1) is 0 Å². The van der Waals surface area contributed by atoms with Gasteiger partial charge in [-0.1, -0.05) is 441 Å². The first-order valence-corrected chi connectivity index (χ1v) is 54.8. The van der Waals surface area contributed by atoms with E-state index in [0.717, 1.165) is 112 Å². The number of pyridine rings is 1. The maximum Gasteiger partial charge on any atom is 0.235 e. The van der Waals surface area contributed by atoms with E-state index < -0.39 is 8.07 Å². The number of fused-ring (bicyclic) bond motifs is 18. The summed E-state index contributed by atoms with van der Waals surface area (Å²) < 4.78 is 6.79. The fourth-order valence-corrected chi connectivity index (χ4v) is 26.9. The lowest BCUT2D eigenvalue weighted by Crippen LogP contribution is -2.49. The molecule has 150 heavy (non-hydrogen) atoms. The molecule has 0 N–H and O–H groups in total. The number of nitrogens with zero attached hydrogens (tertiary/aromatic N) is 8. The average molecular weight is 1940 g/mol. The van der Waals surface area contributed by atoms with Gasteiger partial charge in [0.1, 0.15) is 13.9 Å². The maximum absolute atomic E-state index is 5.39. The number of para-hydroxylation sites is 3. The van der Waals surface area contributed by atoms with Gasteiger partial charge >= 0.3 is 0 Å². The van der Waals surface area contributed by atoms with Crippen LogP contribution in [0.1, 0.15) is 49.9 Å². The normalized spacial score (nSPS) is 13.0. The molecule has 8 nitrogen and oxygen atoms in total. The van der Waals surface area contributed by atoms with Crippen LogP contribution >= 0.6 is 0 Å². The van der Waals surface area contributed by atoms with Crippen LogP contribution in [0.4, 0.5) is 0 Å². The summed E-state index contributed by atoms with van der Waals surface area (Å²) in [5.41, 5.74) is 44.3. The third kappa shape index (κ3) is 15.6. The smallest absolute Gasteiger partial charge is 0.235 e. The molecule has 0 spiro atoms. The Labute approximate surface area is 873 Å². The first-order chi connectivity index (χ1) is 73.6. The van der Waals surface area contributed by atoms with Gasteiger partial charge in [0, 0.05) is 71.0 Å². The van der Waals surface area contributed by atoms with E-state index in [0.29, 0.717) is 11.9 Å². The zero-order valence-electron chi connectivity index (χ0n) is 84.1. The zero-order valence-corrected chi connectivity index (χ0v) is 85.1.